The largest absolute Gasteiger partial charge is 0.271 e. The second-order valence-electron chi connectivity index (χ2n) is 3.39. The number of hydrogen-bond acceptors (Lipinski definition) is 5. The molecule has 0 saturated carbocycles. The Hall–Kier alpha value is -1.38. The van der Waals surface area contributed by atoms with E-state index in [9.17, 15) is 4.39 Å². The average molecular weight is 301 g/mol. The van der Waals surface area contributed by atoms with E-state index >= 15 is 0 Å². The predicted molar refractivity (Wildman–Crippen MR) is 62.1 cm³/mol. The van der Waals surface area contributed by atoms with Gasteiger partial charge in [0.25, 0.3) is 0 Å². The molecule has 0 aliphatic heterocycles. The zero-order valence-corrected chi connectivity index (χ0v) is 10.5. The van der Waals surface area contributed by atoms with E-state index in [-0.39, 0.29) is 0 Å². The summed E-state index contributed by atoms with van der Waals surface area (Å²) in [5.41, 5.74) is 3.56. The van der Waals surface area contributed by atoms with Crippen LogP contribution in [-0.2, 0) is 7.05 Å². The van der Waals surface area contributed by atoms with Gasteiger partial charge in [-0.05, 0) is 22.0 Å². The van der Waals surface area contributed by atoms with Crippen molar-refractivity contribution < 1.29 is 4.39 Å². The van der Waals surface area contributed by atoms with Crippen molar-refractivity contribution in [2.45, 2.75) is 6.04 Å². The van der Waals surface area contributed by atoms with E-state index in [2.05, 4.69) is 36.7 Å². The number of nitrogens with zero attached hydrogens (tertiary/aromatic N) is 4. The lowest BCUT2D eigenvalue weighted by Gasteiger charge is -2.16. The summed E-state index contributed by atoms with van der Waals surface area (Å²) in [5.74, 6) is 5.03. The van der Waals surface area contributed by atoms with Gasteiger partial charge in [0, 0.05) is 18.8 Å². The summed E-state index contributed by atoms with van der Waals surface area (Å²) in [6.45, 7) is 0. The molecular weight excluding hydrogens is 291 g/mol. The van der Waals surface area contributed by atoms with Gasteiger partial charge in [-0.2, -0.15) is 0 Å². The van der Waals surface area contributed by atoms with Crippen molar-refractivity contribution >= 4 is 15.9 Å². The molecule has 1 unspecified atom stereocenters. The molecule has 6 nitrogen and oxygen atoms in total. The van der Waals surface area contributed by atoms with E-state index in [1.54, 1.807) is 13.1 Å². The van der Waals surface area contributed by atoms with Gasteiger partial charge < -0.3 is 0 Å². The molecule has 0 radical (unpaired) electrons. The molecule has 0 spiro atoms. The molecule has 2 rings (SSSR count). The highest BCUT2D eigenvalue weighted by atomic mass is 79.9. The van der Waals surface area contributed by atoms with Crippen LogP contribution >= 0.6 is 15.9 Å². The third-order valence-corrected chi connectivity index (χ3v) is 2.95. The molecule has 0 amide bonds. The Kier molecular flexibility index (Phi) is 3.46. The maximum absolute atomic E-state index is 13.7. The van der Waals surface area contributed by atoms with Crippen molar-refractivity contribution in [1.82, 2.24) is 25.4 Å². The molecule has 0 bridgehead atoms. The topological polar surface area (TPSA) is 81.7 Å². The SMILES string of the molecule is Cn1nnc(Br)c1C(NN)c1ccncc1F. The summed E-state index contributed by atoms with van der Waals surface area (Å²) in [5, 5.41) is 7.66. The second-order valence-corrected chi connectivity index (χ2v) is 4.14. The second kappa shape index (κ2) is 4.86. The van der Waals surface area contributed by atoms with Crippen LogP contribution in [0.15, 0.2) is 23.1 Å². The van der Waals surface area contributed by atoms with Crippen LogP contribution in [0.5, 0.6) is 0 Å². The summed E-state index contributed by atoms with van der Waals surface area (Å²) >= 11 is 3.25. The van der Waals surface area contributed by atoms with Gasteiger partial charge in [0.15, 0.2) is 4.60 Å². The van der Waals surface area contributed by atoms with Gasteiger partial charge in [-0.1, -0.05) is 5.21 Å². The zero-order valence-electron chi connectivity index (χ0n) is 8.93. The third kappa shape index (κ3) is 2.19. The molecule has 0 fully saturated rings. The zero-order chi connectivity index (χ0) is 12.4. The van der Waals surface area contributed by atoms with E-state index < -0.39 is 11.9 Å². The first-order valence-electron chi connectivity index (χ1n) is 4.75. The van der Waals surface area contributed by atoms with Gasteiger partial charge in [-0.25, -0.2) is 14.5 Å². The Morgan fingerprint density at radius 3 is 2.88 bits per heavy atom. The monoisotopic (exact) mass is 300 g/mol. The lowest BCUT2D eigenvalue weighted by atomic mass is 10.1. The molecule has 0 aliphatic carbocycles. The minimum absolute atomic E-state index is 0.383. The number of hydrazine groups is 1. The van der Waals surface area contributed by atoms with Gasteiger partial charge >= 0.3 is 0 Å². The summed E-state index contributed by atoms with van der Waals surface area (Å²) < 4.78 is 15.7. The minimum atomic E-state index is -0.549. The molecule has 2 heterocycles. The molecule has 1 atom stereocenters. The predicted octanol–water partition coefficient (Wildman–Crippen LogP) is 0.664. The van der Waals surface area contributed by atoms with Crippen molar-refractivity contribution in [3.63, 3.8) is 0 Å². The summed E-state index contributed by atoms with van der Waals surface area (Å²) in [6.07, 6.45) is 2.64. The molecule has 17 heavy (non-hydrogen) atoms. The van der Waals surface area contributed by atoms with Crippen molar-refractivity contribution in [3.05, 3.63) is 40.1 Å². The van der Waals surface area contributed by atoms with E-state index in [0.717, 1.165) is 6.20 Å². The number of pyridine rings is 1. The van der Waals surface area contributed by atoms with Crippen LogP contribution in [-0.4, -0.2) is 20.0 Å². The lowest BCUT2D eigenvalue weighted by Crippen LogP contribution is -2.31. The third-order valence-electron chi connectivity index (χ3n) is 2.38. The number of halogens is 2. The Bertz CT molecular complexity index is 508. The number of nitrogens with one attached hydrogen (secondary N) is 1. The number of aromatic nitrogens is 4. The van der Waals surface area contributed by atoms with E-state index in [1.807, 2.05) is 0 Å². The molecule has 0 aliphatic rings. The Balaban J connectivity index is 2.52. The quantitative estimate of drug-likeness (QED) is 0.643. The van der Waals surface area contributed by atoms with E-state index in [0.29, 0.717) is 15.9 Å². The summed E-state index contributed by atoms with van der Waals surface area (Å²) in [4.78, 5) is 3.69. The first-order valence-corrected chi connectivity index (χ1v) is 5.55. The number of aryl methyl sites for hydroxylation is 1. The normalized spacial score (nSPS) is 12.7. The average Bonchev–Trinajstić information content (AvgIpc) is 2.64. The fourth-order valence-electron chi connectivity index (χ4n) is 1.58. The van der Waals surface area contributed by atoms with Gasteiger partial charge in [-0.15, -0.1) is 5.10 Å². The van der Waals surface area contributed by atoms with Gasteiger partial charge in [-0.3, -0.25) is 10.8 Å². The van der Waals surface area contributed by atoms with Crippen molar-refractivity contribution in [2.24, 2.45) is 12.9 Å². The van der Waals surface area contributed by atoms with Crippen LogP contribution in [0.1, 0.15) is 17.3 Å². The van der Waals surface area contributed by atoms with Crippen LogP contribution in [0.25, 0.3) is 0 Å². The maximum atomic E-state index is 13.7. The van der Waals surface area contributed by atoms with E-state index in [1.165, 1.54) is 10.9 Å². The number of nitrogens with two attached hydrogens (primary N) is 1. The van der Waals surface area contributed by atoms with Gasteiger partial charge in [0.1, 0.15) is 5.82 Å². The Morgan fingerprint density at radius 1 is 1.59 bits per heavy atom. The first kappa shape index (κ1) is 12.1. The fourth-order valence-corrected chi connectivity index (χ4v) is 2.14. The molecular formula is C9H10BrFN6. The van der Waals surface area contributed by atoms with Crippen LogP contribution in [0.3, 0.4) is 0 Å². The number of hydrogen-bond donors (Lipinski definition) is 2. The standard InChI is InChI=1S/C9H10BrFN6/c1-17-8(9(10)15-16-17)7(14-12)5-2-3-13-4-6(5)11/h2-4,7,14H,12H2,1H3. The molecule has 0 aromatic carbocycles. The molecule has 90 valence electrons. The van der Waals surface area contributed by atoms with Gasteiger partial charge in [0.05, 0.1) is 17.9 Å². The number of rotatable bonds is 3. The molecule has 2 aromatic heterocycles. The summed E-state index contributed by atoms with van der Waals surface area (Å²) in [6, 6.07) is 1.01. The van der Waals surface area contributed by atoms with Crippen molar-refractivity contribution in [2.75, 3.05) is 0 Å². The van der Waals surface area contributed by atoms with E-state index in [4.69, 9.17) is 5.84 Å². The van der Waals surface area contributed by atoms with Crippen LogP contribution in [0, 0.1) is 5.82 Å². The Morgan fingerprint density at radius 2 is 2.35 bits per heavy atom. The Labute approximate surface area is 105 Å². The highest BCUT2D eigenvalue weighted by Crippen LogP contribution is 2.27. The first-order chi connectivity index (χ1) is 8.15. The highest BCUT2D eigenvalue weighted by Gasteiger charge is 2.23. The van der Waals surface area contributed by atoms with Crippen LogP contribution in [0.2, 0.25) is 0 Å². The molecule has 2 aromatic rings. The lowest BCUT2D eigenvalue weighted by molar-refractivity contribution is 0.527. The molecule has 0 saturated heterocycles. The van der Waals surface area contributed by atoms with Gasteiger partial charge in [0.2, 0.25) is 0 Å². The smallest absolute Gasteiger partial charge is 0.153 e. The maximum Gasteiger partial charge on any atom is 0.153 e. The summed E-state index contributed by atoms with van der Waals surface area (Å²) in [7, 11) is 1.70. The molecule has 3 N–H and O–H groups in total. The van der Waals surface area contributed by atoms with Crippen molar-refractivity contribution in [3.8, 4) is 0 Å². The minimum Gasteiger partial charge on any atom is -0.271 e. The van der Waals surface area contributed by atoms with Crippen LogP contribution in [0.4, 0.5) is 4.39 Å². The van der Waals surface area contributed by atoms with Crippen molar-refractivity contribution in [1.29, 1.82) is 0 Å². The highest BCUT2D eigenvalue weighted by molar-refractivity contribution is 9.10. The molecule has 8 heteroatoms. The van der Waals surface area contributed by atoms with Crippen LogP contribution < -0.4 is 11.3 Å². The fraction of sp³-hybridized carbons (Fsp3) is 0.222.